The molecule has 2 aromatic carbocycles. The lowest BCUT2D eigenvalue weighted by Gasteiger charge is -2.15. The van der Waals surface area contributed by atoms with E-state index in [-0.39, 0.29) is 24.2 Å². The molecule has 1 aliphatic heterocycles. The Morgan fingerprint density at radius 3 is 2.41 bits per heavy atom. The van der Waals surface area contributed by atoms with E-state index < -0.39 is 0 Å². The molecular weight excluding hydrogens is 321 g/mol. The summed E-state index contributed by atoms with van der Waals surface area (Å²) in [6.45, 7) is 0. The van der Waals surface area contributed by atoms with Crippen LogP contribution < -0.4 is 4.90 Å². The van der Waals surface area contributed by atoms with Gasteiger partial charge in [-0.25, -0.2) is 0 Å². The Labute approximate surface area is 138 Å². The van der Waals surface area contributed by atoms with Gasteiger partial charge in [0, 0.05) is 16.5 Å². The van der Waals surface area contributed by atoms with Crippen LogP contribution >= 0.6 is 23.2 Å². The highest BCUT2D eigenvalue weighted by Crippen LogP contribution is 2.30. The average Bonchev–Trinajstić information content (AvgIpc) is 2.76. The summed E-state index contributed by atoms with van der Waals surface area (Å²) in [7, 11) is 0. The number of hydrogen-bond acceptors (Lipinski definition) is 2. The Balaban J connectivity index is 1.81. The second-order valence-electron chi connectivity index (χ2n) is 5.28. The van der Waals surface area contributed by atoms with E-state index in [1.807, 2.05) is 12.1 Å². The van der Waals surface area contributed by atoms with E-state index in [4.69, 9.17) is 23.2 Å². The van der Waals surface area contributed by atoms with Crippen molar-refractivity contribution in [1.82, 2.24) is 0 Å². The first-order valence-corrected chi connectivity index (χ1v) is 7.67. The molecule has 0 radical (unpaired) electrons. The molecule has 2 aromatic rings. The summed E-state index contributed by atoms with van der Waals surface area (Å²) in [4.78, 5) is 26.0. The van der Waals surface area contributed by atoms with Crippen molar-refractivity contribution in [2.24, 2.45) is 5.92 Å². The summed E-state index contributed by atoms with van der Waals surface area (Å²) in [5.41, 5.74) is 1.52. The van der Waals surface area contributed by atoms with Crippen LogP contribution in [0.4, 0.5) is 5.69 Å². The summed E-state index contributed by atoms with van der Waals surface area (Å²) in [5.74, 6) is -0.707. The van der Waals surface area contributed by atoms with Gasteiger partial charge in [-0.15, -0.1) is 0 Å². The molecule has 0 saturated carbocycles. The first-order valence-electron chi connectivity index (χ1n) is 6.91. The van der Waals surface area contributed by atoms with Crippen LogP contribution in [0.1, 0.15) is 12.0 Å². The second kappa shape index (κ2) is 6.11. The molecule has 22 heavy (non-hydrogen) atoms. The van der Waals surface area contributed by atoms with Crippen molar-refractivity contribution >= 4 is 40.7 Å². The Hall–Kier alpha value is -1.84. The van der Waals surface area contributed by atoms with Crippen molar-refractivity contribution in [3.8, 4) is 0 Å². The van der Waals surface area contributed by atoms with E-state index in [0.717, 1.165) is 5.56 Å². The molecule has 1 aliphatic rings. The van der Waals surface area contributed by atoms with Gasteiger partial charge >= 0.3 is 0 Å². The van der Waals surface area contributed by atoms with Gasteiger partial charge in [0.1, 0.15) is 0 Å². The largest absolute Gasteiger partial charge is 0.274 e. The molecular formula is C17H13Cl2NO2. The normalized spacial score (nSPS) is 18.1. The lowest BCUT2D eigenvalue weighted by Crippen LogP contribution is -2.30. The third kappa shape index (κ3) is 3.01. The average molecular weight is 334 g/mol. The highest BCUT2D eigenvalue weighted by Gasteiger charge is 2.39. The third-order valence-corrected chi connectivity index (χ3v) is 4.19. The van der Waals surface area contributed by atoms with Crippen LogP contribution in [0.2, 0.25) is 10.0 Å². The number of nitrogens with zero attached hydrogens (tertiary/aromatic N) is 1. The van der Waals surface area contributed by atoms with Crippen LogP contribution in [-0.4, -0.2) is 11.8 Å². The van der Waals surface area contributed by atoms with E-state index in [9.17, 15) is 9.59 Å². The van der Waals surface area contributed by atoms with Crippen LogP contribution in [-0.2, 0) is 16.0 Å². The minimum absolute atomic E-state index is 0.179. The predicted octanol–water partition coefficient (Wildman–Crippen LogP) is 4.12. The van der Waals surface area contributed by atoms with E-state index in [1.165, 1.54) is 4.90 Å². The number of rotatable bonds is 3. The maximum Gasteiger partial charge on any atom is 0.237 e. The molecule has 0 bridgehead atoms. The van der Waals surface area contributed by atoms with Crippen molar-refractivity contribution in [2.75, 3.05) is 4.90 Å². The van der Waals surface area contributed by atoms with E-state index >= 15 is 0 Å². The van der Waals surface area contributed by atoms with Gasteiger partial charge in [0.05, 0.1) is 11.6 Å². The molecule has 2 amide bonds. The van der Waals surface area contributed by atoms with Crippen LogP contribution in [0.15, 0.2) is 48.5 Å². The molecule has 1 fully saturated rings. The fraction of sp³-hybridized carbons (Fsp3) is 0.176. The molecule has 1 atom stereocenters. The zero-order chi connectivity index (χ0) is 15.7. The fourth-order valence-electron chi connectivity index (χ4n) is 2.65. The van der Waals surface area contributed by atoms with Crippen LogP contribution in [0, 0.1) is 5.92 Å². The monoisotopic (exact) mass is 333 g/mol. The molecule has 112 valence electrons. The quantitative estimate of drug-likeness (QED) is 0.792. The molecule has 1 saturated heterocycles. The molecule has 3 rings (SSSR count). The number of amides is 2. The van der Waals surface area contributed by atoms with Crippen molar-refractivity contribution in [3.05, 3.63) is 64.1 Å². The van der Waals surface area contributed by atoms with Crippen molar-refractivity contribution in [3.63, 3.8) is 0 Å². The van der Waals surface area contributed by atoms with Crippen LogP contribution in [0.25, 0.3) is 0 Å². The number of imide groups is 1. The third-order valence-electron chi connectivity index (χ3n) is 3.70. The maximum atomic E-state index is 12.5. The summed E-state index contributed by atoms with van der Waals surface area (Å²) in [5, 5.41) is 1.15. The van der Waals surface area contributed by atoms with E-state index in [2.05, 4.69) is 0 Å². The maximum absolute atomic E-state index is 12.5. The molecule has 0 spiro atoms. The summed E-state index contributed by atoms with van der Waals surface area (Å²) in [6.07, 6.45) is 0.743. The SMILES string of the molecule is O=C1C[C@@H](Cc2ccc(Cl)cc2)C(=O)N1c1cccc(Cl)c1. The highest BCUT2D eigenvalue weighted by molar-refractivity contribution is 6.31. The first-order chi connectivity index (χ1) is 10.5. The molecule has 0 aliphatic carbocycles. The second-order valence-corrected chi connectivity index (χ2v) is 6.15. The van der Waals surface area contributed by atoms with Crippen molar-refractivity contribution < 1.29 is 9.59 Å². The van der Waals surface area contributed by atoms with Gasteiger partial charge in [0.25, 0.3) is 0 Å². The Kier molecular flexibility index (Phi) is 4.19. The Bertz CT molecular complexity index is 728. The van der Waals surface area contributed by atoms with Gasteiger partial charge in [-0.2, -0.15) is 0 Å². The molecule has 1 heterocycles. The molecule has 5 heteroatoms. The van der Waals surface area contributed by atoms with Gasteiger partial charge in [-0.05, 0) is 42.3 Å². The molecule has 0 unspecified atom stereocenters. The van der Waals surface area contributed by atoms with Crippen molar-refractivity contribution in [2.45, 2.75) is 12.8 Å². The molecule has 0 N–H and O–H groups in total. The molecule has 0 aromatic heterocycles. The standard InChI is InChI=1S/C17H13Cl2NO2/c18-13-6-4-11(5-7-13)8-12-9-16(21)20(17(12)22)15-3-1-2-14(19)10-15/h1-7,10,12H,8-9H2/t12-/m1/s1. The Morgan fingerprint density at radius 1 is 1.00 bits per heavy atom. The number of anilines is 1. The summed E-state index contributed by atoms with van der Waals surface area (Å²) in [6, 6.07) is 14.1. The van der Waals surface area contributed by atoms with Gasteiger partial charge in [-0.1, -0.05) is 41.4 Å². The lowest BCUT2D eigenvalue weighted by atomic mass is 9.98. The highest BCUT2D eigenvalue weighted by atomic mass is 35.5. The van der Waals surface area contributed by atoms with Gasteiger partial charge in [0.2, 0.25) is 11.8 Å². The van der Waals surface area contributed by atoms with Gasteiger partial charge < -0.3 is 0 Å². The van der Waals surface area contributed by atoms with Gasteiger partial charge in [-0.3, -0.25) is 14.5 Å². The summed E-state index contributed by atoms with van der Waals surface area (Å²) >= 11 is 11.8. The fourth-order valence-corrected chi connectivity index (χ4v) is 2.96. The lowest BCUT2D eigenvalue weighted by molar-refractivity contribution is -0.122. The van der Waals surface area contributed by atoms with Crippen molar-refractivity contribution in [1.29, 1.82) is 0 Å². The topological polar surface area (TPSA) is 37.4 Å². The van der Waals surface area contributed by atoms with E-state index in [1.54, 1.807) is 36.4 Å². The minimum Gasteiger partial charge on any atom is -0.274 e. The number of benzene rings is 2. The number of halogens is 2. The van der Waals surface area contributed by atoms with Crippen LogP contribution in [0.3, 0.4) is 0 Å². The minimum atomic E-state index is -0.340. The number of hydrogen-bond donors (Lipinski definition) is 0. The zero-order valence-corrected chi connectivity index (χ0v) is 13.1. The predicted molar refractivity (Wildman–Crippen MR) is 87.2 cm³/mol. The summed E-state index contributed by atoms with van der Waals surface area (Å²) < 4.78 is 0. The first kappa shape index (κ1) is 15.1. The van der Waals surface area contributed by atoms with Gasteiger partial charge in [0.15, 0.2) is 0 Å². The number of carbonyl (C=O) groups is 2. The zero-order valence-electron chi connectivity index (χ0n) is 11.6. The Morgan fingerprint density at radius 2 is 1.73 bits per heavy atom. The number of carbonyl (C=O) groups excluding carboxylic acids is 2. The van der Waals surface area contributed by atoms with Crippen LogP contribution in [0.5, 0.6) is 0 Å². The smallest absolute Gasteiger partial charge is 0.237 e. The van der Waals surface area contributed by atoms with E-state index in [0.29, 0.717) is 22.2 Å². The molecule has 3 nitrogen and oxygen atoms in total.